The summed E-state index contributed by atoms with van der Waals surface area (Å²) in [6.45, 7) is 2.56. The number of fused-ring (bicyclic) bond motifs is 2. The number of carbonyl (C=O) groups is 1. The summed E-state index contributed by atoms with van der Waals surface area (Å²) in [6, 6.07) is 22.3. The summed E-state index contributed by atoms with van der Waals surface area (Å²) in [7, 11) is 0. The highest BCUT2D eigenvalue weighted by molar-refractivity contribution is 5.87. The molecule has 0 radical (unpaired) electrons. The predicted octanol–water partition coefficient (Wildman–Crippen LogP) is 4.37. The van der Waals surface area contributed by atoms with Crippen LogP contribution in [0.4, 0.5) is 0 Å². The molecule has 0 saturated heterocycles. The molecular weight excluding hydrogens is 312 g/mol. The van der Waals surface area contributed by atoms with Crippen LogP contribution in [-0.4, -0.2) is 12.6 Å². The summed E-state index contributed by atoms with van der Waals surface area (Å²) in [6.07, 6.45) is 0.486. The van der Waals surface area contributed by atoms with Gasteiger partial charge < -0.3 is 9.47 Å². The zero-order chi connectivity index (χ0) is 17.3. The number of hydrogen-bond acceptors (Lipinski definition) is 3. The number of ether oxygens (including phenoxy) is 2. The zero-order valence-electron chi connectivity index (χ0n) is 14.2. The van der Waals surface area contributed by atoms with E-state index in [0.717, 1.165) is 27.5 Å². The molecule has 126 valence electrons. The molecule has 0 saturated carbocycles. The van der Waals surface area contributed by atoms with Gasteiger partial charge in [0, 0.05) is 6.42 Å². The second kappa shape index (κ2) is 6.34. The van der Waals surface area contributed by atoms with Crippen molar-refractivity contribution >= 4 is 16.7 Å². The molecule has 25 heavy (non-hydrogen) atoms. The molecule has 0 aromatic heterocycles. The minimum absolute atomic E-state index is 0.320. The molecule has 4 rings (SSSR count). The van der Waals surface area contributed by atoms with Crippen LogP contribution >= 0.6 is 0 Å². The highest BCUT2D eigenvalue weighted by Gasteiger charge is 2.46. The highest BCUT2D eigenvalue weighted by atomic mass is 16.6. The van der Waals surface area contributed by atoms with Gasteiger partial charge in [-0.1, -0.05) is 60.7 Å². The third-order valence-electron chi connectivity index (χ3n) is 4.85. The Bertz CT molecular complexity index is 931. The summed E-state index contributed by atoms with van der Waals surface area (Å²) in [5.41, 5.74) is 2.02. The maximum atomic E-state index is 12.9. The maximum absolute atomic E-state index is 12.9. The van der Waals surface area contributed by atoms with Crippen molar-refractivity contribution in [2.75, 3.05) is 6.61 Å². The van der Waals surface area contributed by atoms with Crippen LogP contribution in [0.2, 0.25) is 0 Å². The number of rotatable bonds is 3. The molecule has 0 fully saturated rings. The average Bonchev–Trinajstić information content (AvgIpc) is 2.67. The van der Waals surface area contributed by atoms with E-state index in [1.807, 2.05) is 55.5 Å². The molecule has 0 aliphatic carbocycles. The molecule has 0 spiro atoms. The Kier molecular flexibility index (Phi) is 4.02. The summed E-state index contributed by atoms with van der Waals surface area (Å²) in [5.74, 6) is -0.320. The minimum Gasteiger partial charge on any atom is -0.464 e. The number of esters is 1. The standard InChI is InChI=1S/C22H20O3/c1-2-24-21(23)22(14-18-9-5-6-10-19(18)15-25-22)20-12-11-16-7-3-4-8-17(16)13-20/h3-13H,2,14-15H2,1H3. The van der Waals surface area contributed by atoms with Crippen LogP contribution in [0.25, 0.3) is 10.8 Å². The molecule has 1 heterocycles. The van der Waals surface area contributed by atoms with Crippen LogP contribution in [0.5, 0.6) is 0 Å². The van der Waals surface area contributed by atoms with E-state index < -0.39 is 5.60 Å². The predicted molar refractivity (Wildman–Crippen MR) is 97.2 cm³/mol. The molecule has 1 atom stereocenters. The summed E-state index contributed by atoms with van der Waals surface area (Å²) < 4.78 is 11.6. The number of carbonyl (C=O) groups excluding carboxylic acids is 1. The lowest BCUT2D eigenvalue weighted by Crippen LogP contribution is -2.44. The second-order valence-corrected chi connectivity index (χ2v) is 6.34. The van der Waals surface area contributed by atoms with Gasteiger partial charge in [0.1, 0.15) is 0 Å². The topological polar surface area (TPSA) is 35.5 Å². The van der Waals surface area contributed by atoms with E-state index in [1.165, 1.54) is 0 Å². The van der Waals surface area contributed by atoms with Gasteiger partial charge in [0.25, 0.3) is 0 Å². The van der Waals surface area contributed by atoms with Crippen molar-refractivity contribution in [3.05, 3.63) is 83.4 Å². The van der Waals surface area contributed by atoms with E-state index in [0.29, 0.717) is 19.6 Å². The summed E-state index contributed by atoms with van der Waals surface area (Å²) in [4.78, 5) is 12.9. The van der Waals surface area contributed by atoms with Crippen LogP contribution in [0.15, 0.2) is 66.7 Å². The van der Waals surface area contributed by atoms with Crippen LogP contribution < -0.4 is 0 Å². The molecule has 3 heteroatoms. The van der Waals surface area contributed by atoms with Crippen LogP contribution in [0.1, 0.15) is 23.6 Å². The second-order valence-electron chi connectivity index (χ2n) is 6.34. The average molecular weight is 332 g/mol. The lowest BCUT2D eigenvalue weighted by molar-refractivity contribution is -0.178. The van der Waals surface area contributed by atoms with Crippen molar-refractivity contribution in [2.24, 2.45) is 0 Å². The summed E-state index contributed by atoms with van der Waals surface area (Å²) >= 11 is 0. The lowest BCUT2D eigenvalue weighted by atomic mass is 9.82. The first-order valence-corrected chi connectivity index (χ1v) is 8.60. The molecule has 1 aliphatic heterocycles. The minimum atomic E-state index is -1.09. The van der Waals surface area contributed by atoms with E-state index in [1.54, 1.807) is 0 Å². The van der Waals surface area contributed by atoms with Gasteiger partial charge in [-0.15, -0.1) is 0 Å². The van der Waals surface area contributed by atoms with Crippen molar-refractivity contribution in [1.29, 1.82) is 0 Å². The summed E-state index contributed by atoms with van der Waals surface area (Å²) in [5, 5.41) is 2.23. The molecule has 0 amide bonds. The third kappa shape index (κ3) is 2.71. The van der Waals surface area contributed by atoms with Gasteiger partial charge in [0.2, 0.25) is 0 Å². The normalized spacial score (nSPS) is 19.4. The van der Waals surface area contributed by atoms with Crippen LogP contribution in [0, 0.1) is 0 Å². The van der Waals surface area contributed by atoms with Gasteiger partial charge in [-0.05, 0) is 40.5 Å². The first-order valence-electron chi connectivity index (χ1n) is 8.60. The SMILES string of the molecule is CCOC(=O)C1(c2ccc3ccccc3c2)Cc2ccccc2CO1. The highest BCUT2D eigenvalue weighted by Crippen LogP contribution is 2.38. The van der Waals surface area contributed by atoms with Gasteiger partial charge in [-0.3, -0.25) is 0 Å². The molecule has 0 bridgehead atoms. The van der Waals surface area contributed by atoms with E-state index >= 15 is 0 Å². The zero-order valence-corrected chi connectivity index (χ0v) is 14.2. The van der Waals surface area contributed by atoms with Gasteiger partial charge in [-0.25, -0.2) is 4.79 Å². The quantitative estimate of drug-likeness (QED) is 0.668. The van der Waals surface area contributed by atoms with Gasteiger partial charge in [0.15, 0.2) is 5.60 Å². The number of hydrogen-bond donors (Lipinski definition) is 0. The van der Waals surface area contributed by atoms with Crippen molar-refractivity contribution in [3.63, 3.8) is 0 Å². The lowest BCUT2D eigenvalue weighted by Gasteiger charge is -2.36. The van der Waals surface area contributed by atoms with Gasteiger partial charge in [0.05, 0.1) is 13.2 Å². The van der Waals surface area contributed by atoms with Crippen LogP contribution in [-0.2, 0) is 32.9 Å². The Morgan fingerprint density at radius 3 is 2.52 bits per heavy atom. The Morgan fingerprint density at radius 1 is 1.00 bits per heavy atom. The third-order valence-corrected chi connectivity index (χ3v) is 4.85. The largest absolute Gasteiger partial charge is 0.464 e. The Labute approximate surface area is 147 Å². The molecule has 3 aromatic rings. The van der Waals surface area contributed by atoms with Gasteiger partial charge in [-0.2, -0.15) is 0 Å². The fraction of sp³-hybridized carbons (Fsp3) is 0.227. The smallest absolute Gasteiger partial charge is 0.343 e. The number of benzene rings is 3. The van der Waals surface area contributed by atoms with Crippen molar-refractivity contribution in [3.8, 4) is 0 Å². The molecule has 3 nitrogen and oxygen atoms in total. The fourth-order valence-electron chi connectivity index (χ4n) is 3.51. The maximum Gasteiger partial charge on any atom is 0.343 e. The van der Waals surface area contributed by atoms with E-state index in [4.69, 9.17) is 9.47 Å². The molecule has 1 unspecified atom stereocenters. The first kappa shape index (κ1) is 15.9. The molecular formula is C22H20O3. The van der Waals surface area contributed by atoms with Crippen molar-refractivity contribution in [2.45, 2.75) is 25.6 Å². The van der Waals surface area contributed by atoms with Crippen molar-refractivity contribution < 1.29 is 14.3 Å². The Morgan fingerprint density at radius 2 is 1.72 bits per heavy atom. The van der Waals surface area contributed by atoms with E-state index in [-0.39, 0.29) is 5.97 Å². The van der Waals surface area contributed by atoms with E-state index in [2.05, 4.69) is 18.2 Å². The first-order chi connectivity index (χ1) is 12.2. The molecule has 1 aliphatic rings. The molecule has 3 aromatic carbocycles. The Balaban J connectivity index is 1.85. The Hall–Kier alpha value is -2.65. The van der Waals surface area contributed by atoms with Crippen LogP contribution in [0.3, 0.4) is 0 Å². The van der Waals surface area contributed by atoms with E-state index in [9.17, 15) is 4.79 Å². The fourth-order valence-corrected chi connectivity index (χ4v) is 3.51. The monoisotopic (exact) mass is 332 g/mol. The molecule has 0 N–H and O–H groups in total. The van der Waals surface area contributed by atoms with Crippen molar-refractivity contribution in [1.82, 2.24) is 0 Å². The van der Waals surface area contributed by atoms with Gasteiger partial charge >= 0.3 is 5.97 Å².